The summed E-state index contributed by atoms with van der Waals surface area (Å²) in [4.78, 5) is 19.4. The number of hydrogen-bond donors (Lipinski definition) is 1. The molecule has 1 amide bonds. The lowest BCUT2D eigenvalue weighted by atomic mass is 10.2. The van der Waals surface area contributed by atoms with Crippen LogP contribution in [0.2, 0.25) is 0 Å². The Morgan fingerprint density at radius 3 is 2.75 bits per heavy atom. The molecule has 0 saturated heterocycles. The van der Waals surface area contributed by atoms with Crippen molar-refractivity contribution in [3.63, 3.8) is 0 Å². The summed E-state index contributed by atoms with van der Waals surface area (Å²) in [6.45, 7) is 7.36. The molecule has 1 rings (SSSR count). The average Bonchev–Trinajstić information content (AvgIpc) is 2.47. The molecule has 0 atom stereocenters. The number of halogens is 1. The minimum atomic E-state index is -0.498. The number of ether oxygens (including phenoxy) is 3. The van der Waals surface area contributed by atoms with Crippen LogP contribution in [0.3, 0.4) is 0 Å². The zero-order chi connectivity index (χ0) is 17.8. The number of aromatic nitrogens is 2. The van der Waals surface area contributed by atoms with Crippen LogP contribution in [0.1, 0.15) is 26.5 Å². The summed E-state index contributed by atoms with van der Waals surface area (Å²) in [5.74, 6) is 5.72. The van der Waals surface area contributed by atoms with E-state index >= 15 is 0 Å². The summed E-state index contributed by atoms with van der Waals surface area (Å²) >= 11 is 3.18. The smallest absolute Gasteiger partial charge is 0.407 e. The Balaban J connectivity index is 1.99. The molecule has 8 heteroatoms. The summed E-state index contributed by atoms with van der Waals surface area (Å²) in [6.07, 6.45) is 1.18. The highest BCUT2D eigenvalue weighted by Gasteiger charge is 2.15. The molecular formula is C16H22BrN3O4. The van der Waals surface area contributed by atoms with E-state index in [2.05, 4.69) is 43.1 Å². The summed E-state index contributed by atoms with van der Waals surface area (Å²) in [6, 6.07) is 1.72. The van der Waals surface area contributed by atoms with Crippen LogP contribution in [0.5, 0.6) is 0 Å². The third kappa shape index (κ3) is 10.9. The summed E-state index contributed by atoms with van der Waals surface area (Å²) in [7, 11) is 0. The first-order chi connectivity index (χ1) is 11.4. The number of amides is 1. The fraction of sp³-hybridized carbons (Fsp3) is 0.562. The van der Waals surface area contributed by atoms with Crippen molar-refractivity contribution in [3.8, 4) is 11.8 Å². The Bertz CT molecular complexity index is 579. The topological polar surface area (TPSA) is 82.6 Å². The first-order valence-electron chi connectivity index (χ1n) is 7.46. The molecule has 0 unspecified atom stereocenters. The van der Waals surface area contributed by atoms with E-state index in [1.807, 2.05) is 20.8 Å². The lowest BCUT2D eigenvalue weighted by Crippen LogP contribution is -2.34. The number of rotatable bonds is 7. The van der Waals surface area contributed by atoms with Crippen LogP contribution in [-0.4, -0.2) is 54.6 Å². The Morgan fingerprint density at radius 1 is 1.29 bits per heavy atom. The third-order valence-corrected chi connectivity index (χ3v) is 2.69. The molecule has 1 heterocycles. The Morgan fingerprint density at radius 2 is 2.04 bits per heavy atom. The van der Waals surface area contributed by atoms with Crippen molar-refractivity contribution in [2.45, 2.75) is 26.4 Å². The first kappa shape index (κ1) is 20.4. The predicted octanol–water partition coefficient (Wildman–Crippen LogP) is 2.15. The molecule has 24 heavy (non-hydrogen) atoms. The van der Waals surface area contributed by atoms with Crippen molar-refractivity contribution in [2.24, 2.45) is 0 Å². The van der Waals surface area contributed by atoms with Crippen LogP contribution in [0.4, 0.5) is 4.79 Å². The van der Waals surface area contributed by atoms with E-state index in [-0.39, 0.29) is 0 Å². The molecular weight excluding hydrogens is 378 g/mol. The second-order valence-corrected chi connectivity index (χ2v) is 6.32. The number of carbonyl (C=O) groups excluding carboxylic acids is 1. The van der Waals surface area contributed by atoms with Crippen molar-refractivity contribution < 1.29 is 19.0 Å². The molecule has 7 nitrogen and oxygen atoms in total. The van der Waals surface area contributed by atoms with Gasteiger partial charge in [-0.3, -0.25) is 0 Å². The minimum absolute atomic E-state index is 0.293. The molecule has 0 radical (unpaired) electrons. The molecule has 132 valence electrons. The standard InChI is InChI=1S/C16H22BrN3O4/c1-16(2,3)24-15(21)19-8-10-23-12-11-22-9-4-5-13-6-7-18-14(17)20-13/h6-7H,8-12H2,1-3H3,(H,19,21). The zero-order valence-corrected chi connectivity index (χ0v) is 15.7. The van der Waals surface area contributed by atoms with Crippen molar-refractivity contribution in [1.82, 2.24) is 15.3 Å². The van der Waals surface area contributed by atoms with E-state index < -0.39 is 11.7 Å². The van der Waals surface area contributed by atoms with Gasteiger partial charge in [0.15, 0.2) is 4.73 Å². The minimum Gasteiger partial charge on any atom is -0.444 e. The van der Waals surface area contributed by atoms with E-state index in [1.54, 1.807) is 12.3 Å². The lowest BCUT2D eigenvalue weighted by Gasteiger charge is -2.19. The molecule has 1 aromatic rings. The van der Waals surface area contributed by atoms with Crippen LogP contribution >= 0.6 is 15.9 Å². The van der Waals surface area contributed by atoms with Gasteiger partial charge in [0.1, 0.15) is 17.9 Å². The molecule has 1 N–H and O–H groups in total. The van der Waals surface area contributed by atoms with Crippen LogP contribution in [0, 0.1) is 11.8 Å². The van der Waals surface area contributed by atoms with Crippen LogP contribution < -0.4 is 5.32 Å². The number of hydrogen-bond acceptors (Lipinski definition) is 6. The Kier molecular flexibility index (Phi) is 9.30. The number of carbonyl (C=O) groups is 1. The maximum Gasteiger partial charge on any atom is 0.407 e. The van der Waals surface area contributed by atoms with Crippen molar-refractivity contribution in [2.75, 3.05) is 33.0 Å². The van der Waals surface area contributed by atoms with Crippen molar-refractivity contribution in [1.29, 1.82) is 0 Å². The molecule has 0 aliphatic heterocycles. The van der Waals surface area contributed by atoms with E-state index in [1.165, 1.54) is 0 Å². The third-order valence-electron chi connectivity index (χ3n) is 2.30. The number of alkyl carbamates (subject to hydrolysis) is 1. The quantitative estimate of drug-likeness (QED) is 0.429. The largest absolute Gasteiger partial charge is 0.444 e. The lowest BCUT2D eigenvalue weighted by molar-refractivity contribution is 0.0443. The van der Waals surface area contributed by atoms with Crippen LogP contribution in [-0.2, 0) is 14.2 Å². The van der Waals surface area contributed by atoms with E-state index in [0.717, 1.165) is 0 Å². The van der Waals surface area contributed by atoms with Crippen LogP contribution in [0.15, 0.2) is 17.0 Å². The molecule has 0 aliphatic rings. The predicted molar refractivity (Wildman–Crippen MR) is 92.5 cm³/mol. The highest BCUT2D eigenvalue weighted by atomic mass is 79.9. The van der Waals surface area contributed by atoms with Gasteiger partial charge in [0.05, 0.1) is 19.8 Å². The van der Waals surface area contributed by atoms with Gasteiger partial charge >= 0.3 is 6.09 Å². The number of nitrogens with zero attached hydrogens (tertiary/aromatic N) is 2. The highest BCUT2D eigenvalue weighted by Crippen LogP contribution is 2.06. The highest BCUT2D eigenvalue weighted by molar-refractivity contribution is 9.10. The Hall–Kier alpha value is -1.69. The molecule has 0 aromatic carbocycles. The van der Waals surface area contributed by atoms with Crippen molar-refractivity contribution >= 4 is 22.0 Å². The fourth-order valence-electron chi connectivity index (χ4n) is 1.41. The van der Waals surface area contributed by atoms with E-state index in [4.69, 9.17) is 14.2 Å². The molecule has 0 saturated carbocycles. The van der Waals surface area contributed by atoms with Gasteiger partial charge in [0.25, 0.3) is 0 Å². The second-order valence-electron chi connectivity index (χ2n) is 5.61. The average molecular weight is 400 g/mol. The zero-order valence-electron chi connectivity index (χ0n) is 14.1. The van der Waals surface area contributed by atoms with Crippen molar-refractivity contribution in [3.05, 3.63) is 22.7 Å². The van der Waals surface area contributed by atoms with Gasteiger partial charge in [0, 0.05) is 12.7 Å². The molecule has 0 aliphatic carbocycles. The van der Waals surface area contributed by atoms with Gasteiger partial charge in [-0.05, 0) is 48.7 Å². The molecule has 0 bridgehead atoms. The van der Waals surface area contributed by atoms with Gasteiger partial charge in [-0.2, -0.15) is 0 Å². The van der Waals surface area contributed by atoms with E-state index in [9.17, 15) is 4.79 Å². The second kappa shape index (κ2) is 11.0. The molecule has 0 fully saturated rings. The SMILES string of the molecule is CC(C)(C)OC(=O)NCCOCCOCC#Cc1ccnc(Br)n1. The van der Waals surface area contributed by atoms with Gasteiger partial charge in [0.2, 0.25) is 0 Å². The van der Waals surface area contributed by atoms with Crippen LogP contribution in [0.25, 0.3) is 0 Å². The summed E-state index contributed by atoms with van der Waals surface area (Å²) in [5.41, 5.74) is 0.131. The fourth-order valence-corrected chi connectivity index (χ4v) is 1.72. The summed E-state index contributed by atoms with van der Waals surface area (Å²) < 4.78 is 16.2. The molecule has 1 aromatic heterocycles. The van der Waals surface area contributed by atoms with Gasteiger partial charge in [-0.25, -0.2) is 14.8 Å². The maximum absolute atomic E-state index is 11.4. The van der Waals surface area contributed by atoms with Gasteiger partial charge in [-0.1, -0.05) is 5.92 Å². The van der Waals surface area contributed by atoms with Gasteiger partial charge in [-0.15, -0.1) is 0 Å². The van der Waals surface area contributed by atoms with Gasteiger partial charge < -0.3 is 19.5 Å². The summed E-state index contributed by atoms with van der Waals surface area (Å²) in [5, 5.41) is 2.61. The number of nitrogens with one attached hydrogen (secondary N) is 1. The first-order valence-corrected chi connectivity index (χ1v) is 8.26. The molecule has 0 spiro atoms. The maximum atomic E-state index is 11.4. The monoisotopic (exact) mass is 399 g/mol. The Labute approximate surface area is 150 Å². The van der Waals surface area contributed by atoms with E-state index in [0.29, 0.717) is 43.4 Å². The normalized spacial score (nSPS) is 10.7.